The number of hydrogen-bond acceptors (Lipinski definition) is 3. The third-order valence-corrected chi connectivity index (χ3v) is 4.07. The van der Waals surface area contributed by atoms with E-state index < -0.39 is 34.8 Å². The van der Waals surface area contributed by atoms with E-state index in [1.54, 1.807) is 24.3 Å². The van der Waals surface area contributed by atoms with Crippen LogP contribution in [0.5, 0.6) is 0 Å². The maximum atomic E-state index is 12.8. The van der Waals surface area contributed by atoms with Gasteiger partial charge < -0.3 is 9.88 Å². The second kappa shape index (κ2) is 7.31. The fourth-order valence-corrected chi connectivity index (χ4v) is 2.54. The number of halogens is 4. The Morgan fingerprint density at radius 2 is 1.92 bits per heavy atom. The number of alkyl halides is 3. The van der Waals surface area contributed by atoms with Gasteiger partial charge in [0.15, 0.2) is 0 Å². The van der Waals surface area contributed by atoms with E-state index in [0.29, 0.717) is 22.5 Å². The predicted octanol–water partition coefficient (Wildman–Crippen LogP) is 3.88. The zero-order valence-electron chi connectivity index (χ0n) is 12.4. The molecule has 128 valence electrons. The summed E-state index contributed by atoms with van der Waals surface area (Å²) in [4.78, 5) is 24.8. The minimum Gasteiger partial charge on any atom is -0.325 e. The highest BCUT2D eigenvalue weighted by atomic mass is 35.5. The number of nitrogens with zero attached hydrogens (tertiary/aromatic N) is 1. The van der Waals surface area contributed by atoms with Crippen LogP contribution in [0.1, 0.15) is 5.56 Å². The van der Waals surface area contributed by atoms with Crippen LogP contribution in [0, 0.1) is 0 Å². The van der Waals surface area contributed by atoms with E-state index in [-0.39, 0.29) is 0 Å². The molecular formula is C15H12ClF3N2O2S. The molecule has 4 nitrogen and oxygen atoms in total. The number of thioether (sulfide) groups is 1. The molecule has 0 aliphatic rings. The summed E-state index contributed by atoms with van der Waals surface area (Å²) >= 11 is 7.06. The highest BCUT2D eigenvalue weighted by Gasteiger charge is 2.32. The van der Waals surface area contributed by atoms with Gasteiger partial charge in [0.25, 0.3) is 5.56 Å². The Labute approximate surface area is 144 Å². The molecule has 0 aliphatic heterocycles. The molecule has 24 heavy (non-hydrogen) atoms. The van der Waals surface area contributed by atoms with E-state index in [9.17, 15) is 22.8 Å². The van der Waals surface area contributed by atoms with Crippen LogP contribution in [0.4, 0.5) is 18.9 Å². The molecule has 9 heteroatoms. The van der Waals surface area contributed by atoms with Gasteiger partial charge in [-0.1, -0.05) is 11.6 Å². The van der Waals surface area contributed by atoms with Gasteiger partial charge >= 0.3 is 6.18 Å². The summed E-state index contributed by atoms with van der Waals surface area (Å²) < 4.78 is 38.9. The predicted molar refractivity (Wildman–Crippen MR) is 87.6 cm³/mol. The molecule has 1 heterocycles. The van der Waals surface area contributed by atoms with Crippen molar-refractivity contribution >= 4 is 35.0 Å². The Bertz CT molecular complexity index is 804. The molecule has 0 saturated heterocycles. The number of hydrogen-bond donors (Lipinski definition) is 1. The molecule has 1 N–H and O–H groups in total. The molecule has 1 aromatic carbocycles. The lowest BCUT2D eigenvalue weighted by Gasteiger charge is -2.12. The van der Waals surface area contributed by atoms with Crippen molar-refractivity contribution in [1.29, 1.82) is 0 Å². The van der Waals surface area contributed by atoms with Crippen LogP contribution in [0.3, 0.4) is 0 Å². The van der Waals surface area contributed by atoms with E-state index in [1.165, 1.54) is 11.8 Å². The second-order valence-corrected chi connectivity index (χ2v) is 6.07. The average molecular weight is 377 g/mol. The minimum absolute atomic E-state index is 0.476. The minimum atomic E-state index is -4.66. The quantitative estimate of drug-likeness (QED) is 0.824. The van der Waals surface area contributed by atoms with Crippen molar-refractivity contribution in [2.45, 2.75) is 17.6 Å². The number of carbonyl (C=O) groups excluding carboxylic acids is 1. The van der Waals surface area contributed by atoms with E-state index in [1.807, 2.05) is 6.26 Å². The van der Waals surface area contributed by atoms with Crippen molar-refractivity contribution < 1.29 is 18.0 Å². The van der Waals surface area contributed by atoms with Gasteiger partial charge in [-0.25, -0.2) is 0 Å². The Balaban J connectivity index is 2.19. The van der Waals surface area contributed by atoms with Gasteiger partial charge in [0, 0.05) is 16.8 Å². The molecule has 0 aliphatic carbocycles. The highest BCUT2D eigenvalue weighted by molar-refractivity contribution is 7.98. The summed E-state index contributed by atoms with van der Waals surface area (Å²) in [5.41, 5.74) is -1.48. The van der Waals surface area contributed by atoms with Crippen molar-refractivity contribution in [3.8, 4) is 0 Å². The van der Waals surface area contributed by atoms with Crippen molar-refractivity contribution in [2.75, 3.05) is 11.6 Å². The zero-order chi connectivity index (χ0) is 17.9. The molecule has 0 radical (unpaired) electrons. The van der Waals surface area contributed by atoms with Gasteiger partial charge in [-0.15, -0.1) is 11.8 Å². The van der Waals surface area contributed by atoms with E-state index in [2.05, 4.69) is 5.32 Å². The second-order valence-electron chi connectivity index (χ2n) is 4.78. The number of amides is 1. The molecular weight excluding hydrogens is 365 g/mol. The molecule has 0 unspecified atom stereocenters. The van der Waals surface area contributed by atoms with Gasteiger partial charge in [0.05, 0.1) is 5.56 Å². The van der Waals surface area contributed by atoms with Gasteiger partial charge in [0.1, 0.15) is 11.6 Å². The van der Waals surface area contributed by atoms with Crippen molar-refractivity contribution in [2.24, 2.45) is 0 Å². The third kappa shape index (κ3) is 4.55. The SMILES string of the molecule is CSc1ccc(NC(=O)Cn2cc(C(F)(F)F)cc(Cl)c2=O)cc1. The lowest BCUT2D eigenvalue weighted by Crippen LogP contribution is -2.29. The molecule has 0 bridgehead atoms. The summed E-state index contributed by atoms with van der Waals surface area (Å²) in [5, 5.41) is 1.92. The fourth-order valence-electron chi connectivity index (χ4n) is 1.90. The number of carbonyl (C=O) groups is 1. The summed E-state index contributed by atoms with van der Waals surface area (Å²) in [7, 11) is 0. The largest absolute Gasteiger partial charge is 0.417 e. The number of benzene rings is 1. The van der Waals surface area contributed by atoms with Crippen LogP contribution in [0.15, 0.2) is 46.2 Å². The third-order valence-electron chi connectivity index (χ3n) is 3.06. The van der Waals surface area contributed by atoms with E-state index >= 15 is 0 Å². The Kier molecular flexibility index (Phi) is 5.61. The number of aromatic nitrogens is 1. The normalized spacial score (nSPS) is 11.4. The number of rotatable bonds is 4. The zero-order valence-corrected chi connectivity index (χ0v) is 13.9. The molecule has 0 spiro atoms. The molecule has 0 saturated carbocycles. The molecule has 2 aromatic rings. The first-order valence-corrected chi connectivity index (χ1v) is 8.22. The smallest absolute Gasteiger partial charge is 0.325 e. The summed E-state index contributed by atoms with van der Waals surface area (Å²) in [6.07, 6.45) is -2.19. The van der Waals surface area contributed by atoms with Gasteiger partial charge in [-0.05, 0) is 36.6 Å². The Morgan fingerprint density at radius 3 is 2.46 bits per heavy atom. The Hall–Kier alpha value is -1.93. The summed E-state index contributed by atoms with van der Waals surface area (Å²) in [5.74, 6) is -0.635. The maximum Gasteiger partial charge on any atom is 0.417 e. The van der Waals surface area contributed by atoms with Crippen molar-refractivity contribution in [3.05, 3.63) is 57.5 Å². The van der Waals surface area contributed by atoms with Crippen LogP contribution in [0.25, 0.3) is 0 Å². The van der Waals surface area contributed by atoms with E-state index in [4.69, 9.17) is 11.6 Å². The van der Waals surface area contributed by atoms with Gasteiger partial charge in [0.2, 0.25) is 5.91 Å². The van der Waals surface area contributed by atoms with Crippen LogP contribution < -0.4 is 10.9 Å². The van der Waals surface area contributed by atoms with Crippen LogP contribution in [0.2, 0.25) is 5.02 Å². The highest BCUT2D eigenvalue weighted by Crippen LogP contribution is 2.29. The monoisotopic (exact) mass is 376 g/mol. The molecule has 2 rings (SSSR count). The first kappa shape index (κ1) is 18.4. The van der Waals surface area contributed by atoms with Crippen LogP contribution in [-0.4, -0.2) is 16.7 Å². The molecule has 1 aromatic heterocycles. The van der Waals surface area contributed by atoms with Gasteiger partial charge in [-0.2, -0.15) is 13.2 Å². The van der Waals surface area contributed by atoms with Crippen LogP contribution in [-0.2, 0) is 17.5 Å². The first-order chi connectivity index (χ1) is 11.2. The van der Waals surface area contributed by atoms with Crippen molar-refractivity contribution in [3.63, 3.8) is 0 Å². The molecule has 0 atom stereocenters. The standard InChI is InChI=1S/C15H12ClF3N2O2S/c1-24-11-4-2-10(3-5-11)20-13(22)8-21-7-9(15(17,18)19)6-12(16)14(21)23/h2-7H,8H2,1H3,(H,20,22). The number of nitrogens with one attached hydrogen (secondary N) is 1. The fraction of sp³-hybridized carbons (Fsp3) is 0.200. The lowest BCUT2D eigenvalue weighted by molar-refractivity contribution is -0.138. The summed E-state index contributed by atoms with van der Waals surface area (Å²) in [6, 6.07) is 7.43. The lowest BCUT2D eigenvalue weighted by atomic mass is 10.2. The molecule has 1 amide bonds. The average Bonchev–Trinajstić information content (AvgIpc) is 2.51. The Morgan fingerprint density at radius 1 is 1.29 bits per heavy atom. The summed E-state index contributed by atoms with van der Waals surface area (Å²) in [6.45, 7) is -0.577. The van der Waals surface area contributed by atoms with Gasteiger partial charge in [-0.3, -0.25) is 9.59 Å². The van der Waals surface area contributed by atoms with Crippen molar-refractivity contribution in [1.82, 2.24) is 4.57 Å². The number of anilines is 1. The van der Waals surface area contributed by atoms with E-state index in [0.717, 1.165) is 4.90 Å². The number of pyridine rings is 1. The van der Waals surface area contributed by atoms with Crippen LogP contribution >= 0.6 is 23.4 Å². The first-order valence-electron chi connectivity index (χ1n) is 6.62. The topological polar surface area (TPSA) is 51.1 Å². The maximum absolute atomic E-state index is 12.8. The molecule has 0 fully saturated rings.